The van der Waals surface area contributed by atoms with Crippen molar-refractivity contribution in [1.29, 1.82) is 0 Å². The van der Waals surface area contributed by atoms with Gasteiger partial charge in [0.05, 0.1) is 22.3 Å². The van der Waals surface area contributed by atoms with Crippen molar-refractivity contribution >= 4 is 21.7 Å². The molecular weight excluding hydrogens is 546 g/mol. The highest BCUT2D eigenvalue weighted by Crippen LogP contribution is 2.63. The van der Waals surface area contributed by atoms with Gasteiger partial charge in [0, 0.05) is 39.2 Å². The minimum atomic E-state index is -0.437. The molecule has 2 aromatic heterocycles. The molecule has 2 heterocycles. The van der Waals surface area contributed by atoms with Crippen molar-refractivity contribution in [2.45, 2.75) is 5.41 Å². The van der Waals surface area contributed by atoms with E-state index in [0.29, 0.717) is 5.82 Å². The number of pyridine rings is 1. The van der Waals surface area contributed by atoms with Gasteiger partial charge in [-0.3, -0.25) is 4.98 Å². The summed E-state index contributed by atoms with van der Waals surface area (Å²) in [4.78, 5) is 15.4. The summed E-state index contributed by atoms with van der Waals surface area (Å²) < 4.78 is 0. The Labute approximate surface area is 260 Å². The number of aromatic nitrogens is 3. The molecule has 0 fully saturated rings. The third-order valence-electron chi connectivity index (χ3n) is 9.71. The second-order valence-electron chi connectivity index (χ2n) is 11.9. The summed E-state index contributed by atoms with van der Waals surface area (Å²) in [5.74, 6) is 0.713. The van der Waals surface area contributed by atoms with Gasteiger partial charge in [-0.25, -0.2) is 9.97 Å². The molecule has 3 nitrogen and oxygen atoms in total. The number of hydrogen-bond donors (Lipinski definition) is 0. The molecule has 3 heteroatoms. The lowest BCUT2D eigenvalue weighted by molar-refractivity contribution is 0.799. The molecule has 0 radical (unpaired) electrons. The largest absolute Gasteiger partial charge is 0.255 e. The number of para-hydroxylation sites is 1. The molecule has 8 aromatic rings. The van der Waals surface area contributed by atoms with Crippen molar-refractivity contribution in [2.75, 3.05) is 0 Å². The summed E-state index contributed by atoms with van der Waals surface area (Å²) in [5.41, 5.74) is 13.5. The van der Waals surface area contributed by atoms with E-state index in [-0.39, 0.29) is 0 Å². The van der Waals surface area contributed by atoms with Gasteiger partial charge in [-0.15, -0.1) is 0 Å². The van der Waals surface area contributed by atoms with E-state index >= 15 is 0 Å². The van der Waals surface area contributed by atoms with Crippen molar-refractivity contribution < 1.29 is 0 Å². The molecule has 0 saturated heterocycles. The van der Waals surface area contributed by atoms with Crippen molar-refractivity contribution in [1.82, 2.24) is 15.0 Å². The molecule has 0 saturated carbocycles. The van der Waals surface area contributed by atoms with E-state index < -0.39 is 5.41 Å². The van der Waals surface area contributed by atoms with E-state index in [9.17, 15) is 0 Å². The Morgan fingerprint density at radius 1 is 0.444 bits per heavy atom. The van der Waals surface area contributed by atoms with E-state index in [1.165, 1.54) is 44.3 Å². The minimum absolute atomic E-state index is 0.437. The molecule has 0 unspecified atom stereocenters. The molecule has 6 aromatic carbocycles. The summed E-state index contributed by atoms with van der Waals surface area (Å²) in [6.45, 7) is 0. The van der Waals surface area contributed by atoms with E-state index in [0.717, 1.165) is 38.8 Å². The Balaban J connectivity index is 1.25. The van der Waals surface area contributed by atoms with E-state index in [4.69, 9.17) is 15.0 Å². The van der Waals surface area contributed by atoms with E-state index in [1.807, 2.05) is 24.4 Å². The molecule has 2 aliphatic rings. The van der Waals surface area contributed by atoms with Crippen LogP contribution in [0.25, 0.3) is 66.7 Å². The van der Waals surface area contributed by atoms with Crippen LogP contribution in [0.5, 0.6) is 0 Å². The third-order valence-corrected chi connectivity index (χ3v) is 9.71. The number of hydrogen-bond acceptors (Lipinski definition) is 3. The van der Waals surface area contributed by atoms with Crippen molar-refractivity contribution in [3.63, 3.8) is 0 Å². The number of nitrogens with zero attached hydrogens (tertiary/aromatic N) is 3. The van der Waals surface area contributed by atoms with Gasteiger partial charge in [-0.2, -0.15) is 0 Å². The van der Waals surface area contributed by atoms with Gasteiger partial charge in [0.15, 0.2) is 5.82 Å². The third kappa shape index (κ3) is 3.22. The van der Waals surface area contributed by atoms with Gasteiger partial charge >= 0.3 is 0 Å². The average molecular weight is 572 g/mol. The number of fused-ring (bicyclic) bond motifs is 13. The minimum Gasteiger partial charge on any atom is -0.255 e. The maximum absolute atomic E-state index is 5.20. The van der Waals surface area contributed by atoms with Gasteiger partial charge in [0.1, 0.15) is 0 Å². The molecular formula is C42H25N3. The summed E-state index contributed by atoms with van der Waals surface area (Å²) in [7, 11) is 0. The Kier molecular flexibility index (Phi) is 4.92. The topological polar surface area (TPSA) is 38.7 Å². The first-order valence-corrected chi connectivity index (χ1v) is 15.4. The summed E-state index contributed by atoms with van der Waals surface area (Å²) in [5, 5.41) is 3.33. The first kappa shape index (κ1) is 24.5. The van der Waals surface area contributed by atoms with Crippen LogP contribution in [-0.4, -0.2) is 15.0 Å². The lowest BCUT2D eigenvalue weighted by Gasteiger charge is -2.31. The van der Waals surface area contributed by atoms with Gasteiger partial charge < -0.3 is 0 Å². The normalized spacial score (nSPS) is 13.5. The van der Waals surface area contributed by atoms with Crippen LogP contribution in [0.1, 0.15) is 22.3 Å². The van der Waals surface area contributed by atoms with Gasteiger partial charge in [-0.05, 0) is 45.3 Å². The van der Waals surface area contributed by atoms with Gasteiger partial charge in [-0.1, -0.05) is 133 Å². The fourth-order valence-corrected chi connectivity index (χ4v) is 7.91. The van der Waals surface area contributed by atoms with Crippen molar-refractivity contribution in [3.8, 4) is 45.0 Å². The predicted octanol–water partition coefficient (Wildman–Crippen LogP) is 9.86. The Morgan fingerprint density at radius 2 is 1.07 bits per heavy atom. The zero-order valence-corrected chi connectivity index (χ0v) is 24.3. The van der Waals surface area contributed by atoms with Crippen LogP contribution in [0, 0.1) is 0 Å². The quantitative estimate of drug-likeness (QED) is 0.207. The standard InChI is InChI=1S/C42H25N3/c1-2-12-26(13-3-1)39-33-17-7-11-21-37(33)44-41(45-39)27-22-23-29-28(24-27)25-43-40-32-16-6-10-20-36(32)42(38(29)40)34-18-8-4-14-30(34)31-15-5-9-19-35(31)42/h1-25H. The molecule has 208 valence electrons. The van der Waals surface area contributed by atoms with Crippen molar-refractivity contribution in [3.05, 3.63) is 174 Å². The smallest absolute Gasteiger partial charge is 0.160 e. The Bertz CT molecular complexity index is 2430. The van der Waals surface area contributed by atoms with Gasteiger partial charge in [0.25, 0.3) is 0 Å². The van der Waals surface area contributed by atoms with Crippen LogP contribution >= 0.6 is 0 Å². The zero-order chi connectivity index (χ0) is 29.5. The van der Waals surface area contributed by atoms with Crippen LogP contribution in [0.4, 0.5) is 0 Å². The fraction of sp³-hybridized carbons (Fsp3) is 0.0238. The molecule has 0 N–H and O–H groups in total. The first-order chi connectivity index (χ1) is 22.3. The van der Waals surface area contributed by atoms with E-state index in [1.54, 1.807) is 0 Å². The maximum atomic E-state index is 5.20. The summed E-state index contributed by atoms with van der Waals surface area (Å²) in [6.07, 6.45) is 2.03. The highest BCUT2D eigenvalue weighted by Gasteiger charge is 2.52. The monoisotopic (exact) mass is 571 g/mol. The van der Waals surface area contributed by atoms with Crippen LogP contribution in [0.3, 0.4) is 0 Å². The van der Waals surface area contributed by atoms with Crippen LogP contribution in [-0.2, 0) is 5.41 Å². The lowest BCUT2D eigenvalue weighted by Crippen LogP contribution is -2.26. The summed E-state index contributed by atoms with van der Waals surface area (Å²) in [6, 6.07) is 51.9. The highest BCUT2D eigenvalue weighted by molar-refractivity contribution is 6.03. The number of rotatable bonds is 2. The predicted molar refractivity (Wildman–Crippen MR) is 182 cm³/mol. The van der Waals surface area contributed by atoms with E-state index in [2.05, 4.69) is 127 Å². The fourth-order valence-electron chi connectivity index (χ4n) is 7.91. The highest BCUT2D eigenvalue weighted by atomic mass is 14.9. The summed E-state index contributed by atoms with van der Waals surface area (Å²) >= 11 is 0. The molecule has 2 aliphatic carbocycles. The van der Waals surface area contributed by atoms with Crippen molar-refractivity contribution in [2.24, 2.45) is 0 Å². The lowest BCUT2D eigenvalue weighted by atomic mass is 9.69. The second kappa shape index (κ2) is 9.04. The van der Waals surface area contributed by atoms with Crippen LogP contribution in [0.2, 0.25) is 0 Å². The van der Waals surface area contributed by atoms with Crippen LogP contribution in [0.15, 0.2) is 152 Å². The molecule has 1 spiro atoms. The Morgan fingerprint density at radius 3 is 1.82 bits per heavy atom. The SMILES string of the molecule is c1ccc(-c2nc(-c3ccc4c5c(ncc4c3)-c3ccccc3C53c4ccccc4-c4ccccc43)nc3ccccc23)cc1. The maximum Gasteiger partial charge on any atom is 0.160 e. The molecule has 0 atom stereocenters. The molecule has 0 amide bonds. The molecule has 45 heavy (non-hydrogen) atoms. The average Bonchev–Trinajstić information content (AvgIpc) is 3.59. The zero-order valence-electron chi connectivity index (χ0n) is 24.3. The Hall–Kier alpha value is -5.93. The first-order valence-electron chi connectivity index (χ1n) is 15.4. The van der Waals surface area contributed by atoms with Crippen LogP contribution < -0.4 is 0 Å². The molecule has 0 bridgehead atoms. The van der Waals surface area contributed by atoms with Gasteiger partial charge in [0.2, 0.25) is 0 Å². The second-order valence-corrected chi connectivity index (χ2v) is 11.9. The molecule has 0 aliphatic heterocycles. The number of benzene rings is 6. The molecule has 10 rings (SSSR count).